The minimum atomic E-state index is -0.859. The molecule has 0 aliphatic carbocycles. The van der Waals surface area contributed by atoms with Crippen LogP contribution in [0.3, 0.4) is 0 Å². The van der Waals surface area contributed by atoms with Crippen LogP contribution >= 0.6 is 0 Å². The van der Waals surface area contributed by atoms with Gasteiger partial charge in [0.15, 0.2) is 17.6 Å². The lowest BCUT2D eigenvalue weighted by Crippen LogP contribution is -2.42. The predicted octanol–water partition coefficient (Wildman–Crippen LogP) is 3.20. The van der Waals surface area contributed by atoms with Crippen LogP contribution in [0.1, 0.15) is 30.4 Å². The highest BCUT2D eigenvalue weighted by Gasteiger charge is 2.27. The number of amides is 1. The Kier molecular flexibility index (Phi) is 7.10. The zero-order valence-corrected chi connectivity index (χ0v) is 19.4. The third-order valence-electron chi connectivity index (χ3n) is 5.75. The van der Waals surface area contributed by atoms with Gasteiger partial charge in [0.2, 0.25) is 11.7 Å². The summed E-state index contributed by atoms with van der Waals surface area (Å²) in [5, 5.41) is 3.97. The molecule has 2 aromatic carbocycles. The van der Waals surface area contributed by atoms with Crippen molar-refractivity contribution < 1.29 is 28.3 Å². The van der Waals surface area contributed by atoms with Crippen LogP contribution in [-0.4, -0.2) is 53.8 Å². The third-order valence-corrected chi connectivity index (χ3v) is 5.75. The Morgan fingerprint density at radius 3 is 2.62 bits per heavy atom. The summed E-state index contributed by atoms with van der Waals surface area (Å²) in [4.78, 5) is 31.2. The summed E-state index contributed by atoms with van der Waals surface area (Å²) in [7, 11) is 3.11. The van der Waals surface area contributed by atoms with Crippen LogP contribution in [0.25, 0.3) is 11.4 Å². The van der Waals surface area contributed by atoms with E-state index in [-0.39, 0.29) is 18.7 Å². The molecule has 0 bridgehead atoms. The minimum absolute atomic E-state index is 0.0218. The molecule has 3 aromatic rings. The van der Waals surface area contributed by atoms with Gasteiger partial charge in [0.1, 0.15) is 0 Å². The highest BCUT2D eigenvalue weighted by molar-refractivity contribution is 5.83. The van der Waals surface area contributed by atoms with Crippen LogP contribution in [0.2, 0.25) is 0 Å². The normalized spacial score (nSPS) is 13.7. The van der Waals surface area contributed by atoms with Gasteiger partial charge in [-0.3, -0.25) is 9.59 Å². The van der Waals surface area contributed by atoms with E-state index in [0.717, 1.165) is 12.0 Å². The van der Waals surface area contributed by atoms with Gasteiger partial charge in [-0.25, -0.2) is 0 Å². The summed E-state index contributed by atoms with van der Waals surface area (Å²) in [6, 6.07) is 13.3. The number of hydrogen-bond acceptors (Lipinski definition) is 8. The molecular weight excluding hydrogens is 438 g/mol. The van der Waals surface area contributed by atoms with E-state index in [1.165, 1.54) is 5.56 Å². The summed E-state index contributed by atoms with van der Waals surface area (Å²) >= 11 is 0. The molecule has 0 saturated heterocycles. The molecule has 0 saturated carbocycles. The number of benzene rings is 2. The molecule has 9 nitrogen and oxygen atoms in total. The largest absolute Gasteiger partial charge is 0.493 e. The maximum atomic E-state index is 12.8. The van der Waals surface area contributed by atoms with E-state index >= 15 is 0 Å². The van der Waals surface area contributed by atoms with Crippen molar-refractivity contribution in [3.8, 4) is 22.9 Å². The van der Waals surface area contributed by atoms with Crippen molar-refractivity contribution in [3.05, 3.63) is 59.5 Å². The predicted molar refractivity (Wildman–Crippen MR) is 122 cm³/mol. The Morgan fingerprint density at radius 1 is 1.09 bits per heavy atom. The van der Waals surface area contributed by atoms with E-state index < -0.39 is 12.1 Å². The lowest BCUT2D eigenvalue weighted by Gasteiger charge is -2.30. The Labute approximate surface area is 197 Å². The summed E-state index contributed by atoms with van der Waals surface area (Å²) < 4.78 is 21.2. The van der Waals surface area contributed by atoms with E-state index in [2.05, 4.69) is 16.2 Å². The van der Waals surface area contributed by atoms with Crippen molar-refractivity contribution in [1.29, 1.82) is 0 Å². The van der Waals surface area contributed by atoms with Gasteiger partial charge in [-0.2, -0.15) is 4.98 Å². The number of aromatic nitrogens is 2. The van der Waals surface area contributed by atoms with Crippen LogP contribution in [0.5, 0.6) is 11.5 Å². The SMILES string of the molecule is COc1ccc(-c2noc(CCC(=O)OC(C)C(=O)N3CCc4ccccc4C3)n2)cc1OC. The Bertz CT molecular complexity index is 1170. The second-order valence-electron chi connectivity index (χ2n) is 7.99. The fourth-order valence-corrected chi connectivity index (χ4v) is 3.91. The molecule has 1 aromatic heterocycles. The van der Waals surface area contributed by atoms with Gasteiger partial charge < -0.3 is 23.6 Å². The first kappa shape index (κ1) is 23.3. The number of ether oxygens (including phenoxy) is 3. The summed E-state index contributed by atoms with van der Waals surface area (Å²) in [5.74, 6) is 1.12. The van der Waals surface area contributed by atoms with Gasteiger partial charge in [0.05, 0.1) is 20.6 Å². The average molecular weight is 466 g/mol. The molecule has 0 spiro atoms. The van der Waals surface area contributed by atoms with Crippen LogP contribution in [0, 0.1) is 0 Å². The number of fused-ring (bicyclic) bond motifs is 1. The maximum absolute atomic E-state index is 12.8. The number of carbonyl (C=O) groups excluding carboxylic acids is 2. The van der Waals surface area contributed by atoms with E-state index in [9.17, 15) is 9.59 Å². The second-order valence-corrected chi connectivity index (χ2v) is 7.99. The number of hydrogen-bond donors (Lipinski definition) is 0. The summed E-state index contributed by atoms with van der Waals surface area (Å²) in [6.07, 6.45) is 0.163. The van der Waals surface area contributed by atoms with Crippen molar-refractivity contribution >= 4 is 11.9 Å². The number of rotatable bonds is 8. The molecule has 2 heterocycles. The molecule has 0 fully saturated rings. The zero-order chi connectivity index (χ0) is 24.1. The summed E-state index contributed by atoms with van der Waals surface area (Å²) in [6.45, 7) is 2.74. The first-order valence-corrected chi connectivity index (χ1v) is 11.1. The lowest BCUT2D eigenvalue weighted by molar-refractivity contribution is -0.159. The van der Waals surface area contributed by atoms with Crippen LogP contribution in [0.4, 0.5) is 0 Å². The first-order valence-electron chi connectivity index (χ1n) is 11.1. The standard InChI is InChI=1S/C25H27N3O6/c1-16(25(30)28-13-12-17-6-4-5-7-19(17)15-28)33-23(29)11-10-22-26-24(27-34-22)18-8-9-20(31-2)21(14-18)32-3/h4-9,14,16H,10-13,15H2,1-3H3. The second kappa shape index (κ2) is 10.4. The molecule has 1 unspecified atom stereocenters. The van der Waals surface area contributed by atoms with Crippen molar-refractivity contribution in [2.24, 2.45) is 0 Å². The Hall–Kier alpha value is -3.88. The lowest BCUT2D eigenvalue weighted by atomic mass is 9.99. The molecule has 1 aliphatic heterocycles. The van der Waals surface area contributed by atoms with Gasteiger partial charge in [-0.05, 0) is 42.7 Å². The number of esters is 1. The summed E-state index contributed by atoms with van der Waals surface area (Å²) in [5.41, 5.74) is 3.07. The monoisotopic (exact) mass is 465 g/mol. The molecular formula is C25H27N3O6. The van der Waals surface area contributed by atoms with Crippen LogP contribution in [0.15, 0.2) is 47.0 Å². The molecule has 1 atom stereocenters. The van der Waals surface area contributed by atoms with E-state index in [4.69, 9.17) is 18.7 Å². The smallest absolute Gasteiger partial charge is 0.307 e. The molecule has 0 radical (unpaired) electrons. The van der Waals surface area contributed by atoms with Gasteiger partial charge in [0, 0.05) is 25.1 Å². The quantitative estimate of drug-likeness (QED) is 0.467. The van der Waals surface area contributed by atoms with Gasteiger partial charge in [-0.15, -0.1) is 0 Å². The van der Waals surface area contributed by atoms with Gasteiger partial charge >= 0.3 is 5.97 Å². The topological polar surface area (TPSA) is 104 Å². The highest BCUT2D eigenvalue weighted by Crippen LogP contribution is 2.31. The number of carbonyl (C=O) groups is 2. The first-order chi connectivity index (χ1) is 16.5. The zero-order valence-electron chi connectivity index (χ0n) is 19.4. The molecule has 1 amide bonds. The molecule has 9 heteroatoms. The van der Waals surface area contributed by atoms with Crippen LogP contribution in [-0.2, 0) is 33.7 Å². The number of nitrogens with zero attached hydrogens (tertiary/aromatic N) is 3. The van der Waals surface area contributed by atoms with E-state index in [1.807, 2.05) is 18.2 Å². The fraction of sp³-hybridized carbons (Fsp3) is 0.360. The van der Waals surface area contributed by atoms with Crippen molar-refractivity contribution in [2.45, 2.75) is 38.8 Å². The average Bonchev–Trinajstić information content (AvgIpc) is 3.35. The van der Waals surface area contributed by atoms with Gasteiger partial charge in [0.25, 0.3) is 5.91 Å². The van der Waals surface area contributed by atoms with Crippen LogP contribution < -0.4 is 9.47 Å². The molecule has 4 rings (SSSR count). The Balaban J connectivity index is 1.29. The fourth-order valence-electron chi connectivity index (χ4n) is 3.91. The maximum Gasteiger partial charge on any atom is 0.307 e. The molecule has 1 aliphatic rings. The molecule has 0 N–H and O–H groups in total. The Morgan fingerprint density at radius 2 is 1.85 bits per heavy atom. The van der Waals surface area contributed by atoms with Crippen molar-refractivity contribution in [1.82, 2.24) is 15.0 Å². The van der Waals surface area contributed by atoms with Crippen molar-refractivity contribution in [2.75, 3.05) is 20.8 Å². The molecule has 34 heavy (non-hydrogen) atoms. The molecule has 178 valence electrons. The number of methoxy groups -OCH3 is 2. The number of aryl methyl sites for hydroxylation is 1. The van der Waals surface area contributed by atoms with E-state index in [0.29, 0.717) is 41.9 Å². The highest BCUT2D eigenvalue weighted by atomic mass is 16.5. The van der Waals surface area contributed by atoms with E-state index in [1.54, 1.807) is 44.2 Å². The third kappa shape index (κ3) is 5.19. The van der Waals surface area contributed by atoms with Crippen molar-refractivity contribution in [3.63, 3.8) is 0 Å². The van der Waals surface area contributed by atoms with Gasteiger partial charge in [-0.1, -0.05) is 29.4 Å². The minimum Gasteiger partial charge on any atom is -0.493 e.